The van der Waals surface area contributed by atoms with Gasteiger partial charge < -0.3 is 15.2 Å². The van der Waals surface area contributed by atoms with Gasteiger partial charge in [-0.3, -0.25) is 9.59 Å². The third-order valence-electron chi connectivity index (χ3n) is 3.26. The van der Waals surface area contributed by atoms with Crippen LogP contribution in [0.4, 0.5) is 5.69 Å². The summed E-state index contributed by atoms with van der Waals surface area (Å²) >= 11 is 0. The summed E-state index contributed by atoms with van der Waals surface area (Å²) in [5, 5.41) is 6.09. The molecule has 0 aliphatic carbocycles. The fraction of sp³-hybridized carbons (Fsp3) is 0.538. The van der Waals surface area contributed by atoms with Crippen molar-refractivity contribution in [2.24, 2.45) is 5.92 Å². The Morgan fingerprint density at radius 1 is 1.56 bits per heavy atom. The van der Waals surface area contributed by atoms with Crippen LogP contribution in [0.1, 0.15) is 19.8 Å². The SMILES string of the molecule is CCn1cc(NC(=O)C2CCCNC2)ccc1=O. The molecule has 0 saturated carbocycles. The molecule has 1 aliphatic heterocycles. The topological polar surface area (TPSA) is 63.1 Å². The monoisotopic (exact) mass is 249 g/mol. The van der Waals surface area contributed by atoms with Crippen LogP contribution < -0.4 is 16.2 Å². The number of piperidine rings is 1. The summed E-state index contributed by atoms with van der Waals surface area (Å²) in [6.07, 6.45) is 3.65. The van der Waals surface area contributed by atoms with Crippen LogP contribution in [-0.2, 0) is 11.3 Å². The molecule has 0 aromatic carbocycles. The summed E-state index contributed by atoms with van der Waals surface area (Å²) in [6.45, 7) is 4.23. The quantitative estimate of drug-likeness (QED) is 0.833. The lowest BCUT2D eigenvalue weighted by atomic mass is 9.99. The molecule has 5 nitrogen and oxygen atoms in total. The number of anilines is 1. The van der Waals surface area contributed by atoms with Gasteiger partial charge in [0.05, 0.1) is 11.6 Å². The molecule has 0 radical (unpaired) electrons. The van der Waals surface area contributed by atoms with Gasteiger partial charge in [-0.05, 0) is 32.4 Å². The number of rotatable bonds is 3. The van der Waals surface area contributed by atoms with E-state index >= 15 is 0 Å². The van der Waals surface area contributed by atoms with E-state index in [9.17, 15) is 9.59 Å². The van der Waals surface area contributed by atoms with Gasteiger partial charge in [0.1, 0.15) is 0 Å². The number of nitrogens with one attached hydrogen (secondary N) is 2. The van der Waals surface area contributed by atoms with Crippen molar-refractivity contribution in [3.05, 3.63) is 28.7 Å². The van der Waals surface area contributed by atoms with Gasteiger partial charge >= 0.3 is 0 Å². The molecule has 1 saturated heterocycles. The van der Waals surface area contributed by atoms with Gasteiger partial charge in [0, 0.05) is 25.4 Å². The summed E-state index contributed by atoms with van der Waals surface area (Å²) in [7, 11) is 0. The average molecular weight is 249 g/mol. The minimum absolute atomic E-state index is 0.0285. The van der Waals surface area contributed by atoms with E-state index in [1.165, 1.54) is 6.07 Å². The number of carbonyl (C=O) groups excluding carboxylic acids is 1. The Hall–Kier alpha value is -1.62. The highest BCUT2D eigenvalue weighted by molar-refractivity contribution is 5.92. The Kier molecular flexibility index (Phi) is 4.15. The number of hydrogen-bond donors (Lipinski definition) is 2. The highest BCUT2D eigenvalue weighted by Crippen LogP contribution is 2.13. The molecule has 2 rings (SSSR count). The maximum absolute atomic E-state index is 12.0. The molecule has 1 amide bonds. The van der Waals surface area contributed by atoms with Gasteiger partial charge in [0.2, 0.25) is 5.91 Å². The first-order chi connectivity index (χ1) is 8.70. The van der Waals surface area contributed by atoms with Crippen LogP contribution >= 0.6 is 0 Å². The number of hydrogen-bond acceptors (Lipinski definition) is 3. The minimum atomic E-state index is -0.0465. The summed E-state index contributed by atoms with van der Waals surface area (Å²) in [5.74, 6) is 0.0595. The number of aryl methyl sites for hydroxylation is 1. The highest BCUT2D eigenvalue weighted by atomic mass is 16.2. The Morgan fingerprint density at radius 3 is 3.06 bits per heavy atom. The molecule has 5 heteroatoms. The first-order valence-electron chi connectivity index (χ1n) is 6.43. The van der Waals surface area contributed by atoms with E-state index < -0.39 is 0 Å². The van der Waals surface area contributed by atoms with Crippen molar-refractivity contribution >= 4 is 11.6 Å². The van der Waals surface area contributed by atoms with Gasteiger partial charge in [-0.1, -0.05) is 0 Å². The maximum Gasteiger partial charge on any atom is 0.250 e. The van der Waals surface area contributed by atoms with Crippen molar-refractivity contribution in [2.75, 3.05) is 18.4 Å². The number of amides is 1. The maximum atomic E-state index is 12.0. The van der Waals surface area contributed by atoms with E-state index in [1.807, 2.05) is 6.92 Å². The van der Waals surface area contributed by atoms with Gasteiger partial charge in [0.25, 0.3) is 5.56 Å². The Labute approximate surface area is 106 Å². The van der Waals surface area contributed by atoms with Crippen molar-refractivity contribution < 1.29 is 4.79 Å². The molecule has 2 heterocycles. The highest BCUT2D eigenvalue weighted by Gasteiger charge is 2.20. The summed E-state index contributed by atoms with van der Waals surface area (Å²) in [5.41, 5.74) is 0.641. The van der Waals surface area contributed by atoms with E-state index in [0.29, 0.717) is 12.2 Å². The lowest BCUT2D eigenvalue weighted by Gasteiger charge is -2.22. The summed E-state index contributed by atoms with van der Waals surface area (Å²) in [6, 6.07) is 3.14. The van der Waals surface area contributed by atoms with Crippen LogP contribution in [0.5, 0.6) is 0 Å². The predicted octanol–water partition coefficient (Wildman–Crippen LogP) is 0.806. The number of aromatic nitrogens is 1. The van der Waals surface area contributed by atoms with Crippen LogP contribution in [0.15, 0.2) is 23.1 Å². The zero-order chi connectivity index (χ0) is 13.0. The fourth-order valence-electron chi connectivity index (χ4n) is 2.17. The van der Waals surface area contributed by atoms with E-state index in [2.05, 4.69) is 10.6 Å². The molecule has 0 bridgehead atoms. The molecule has 18 heavy (non-hydrogen) atoms. The standard InChI is InChI=1S/C13H19N3O2/c1-2-16-9-11(5-6-12(16)17)15-13(18)10-4-3-7-14-8-10/h5-6,9-10,14H,2-4,7-8H2,1H3,(H,15,18). The molecule has 2 N–H and O–H groups in total. The van der Waals surface area contributed by atoms with Crippen LogP contribution in [0.2, 0.25) is 0 Å². The first-order valence-corrected chi connectivity index (χ1v) is 6.43. The van der Waals surface area contributed by atoms with Crippen molar-refractivity contribution in [2.45, 2.75) is 26.3 Å². The molecule has 1 fully saturated rings. The van der Waals surface area contributed by atoms with Crippen molar-refractivity contribution in [3.63, 3.8) is 0 Å². The van der Waals surface area contributed by atoms with Crippen molar-refractivity contribution in [3.8, 4) is 0 Å². The Morgan fingerprint density at radius 2 is 2.39 bits per heavy atom. The molecular formula is C13H19N3O2. The smallest absolute Gasteiger partial charge is 0.250 e. The lowest BCUT2D eigenvalue weighted by molar-refractivity contribution is -0.120. The van der Waals surface area contributed by atoms with Gasteiger partial charge in [-0.25, -0.2) is 0 Å². The largest absolute Gasteiger partial charge is 0.325 e. The van der Waals surface area contributed by atoms with E-state index in [0.717, 1.165) is 25.9 Å². The fourth-order valence-corrected chi connectivity index (χ4v) is 2.17. The van der Waals surface area contributed by atoms with Crippen LogP contribution in [0.3, 0.4) is 0 Å². The second-order valence-corrected chi connectivity index (χ2v) is 4.57. The first kappa shape index (κ1) is 12.8. The van der Waals surface area contributed by atoms with Crippen LogP contribution in [0.25, 0.3) is 0 Å². The lowest BCUT2D eigenvalue weighted by Crippen LogP contribution is -2.37. The predicted molar refractivity (Wildman–Crippen MR) is 70.6 cm³/mol. The molecule has 1 aromatic rings. The van der Waals surface area contributed by atoms with Crippen molar-refractivity contribution in [1.29, 1.82) is 0 Å². The molecule has 0 spiro atoms. The summed E-state index contributed by atoms with van der Waals surface area (Å²) < 4.78 is 1.58. The number of nitrogens with zero attached hydrogens (tertiary/aromatic N) is 1. The second kappa shape index (κ2) is 5.82. The van der Waals surface area contributed by atoms with E-state index in [1.54, 1.807) is 16.8 Å². The van der Waals surface area contributed by atoms with Crippen LogP contribution in [0, 0.1) is 5.92 Å². The van der Waals surface area contributed by atoms with Crippen molar-refractivity contribution in [1.82, 2.24) is 9.88 Å². The zero-order valence-electron chi connectivity index (χ0n) is 10.6. The van der Waals surface area contributed by atoms with E-state index in [4.69, 9.17) is 0 Å². The number of carbonyl (C=O) groups is 1. The van der Waals surface area contributed by atoms with Gasteiger partial charge in [-0.15, -0.1) is 0 Å². The van der Waals surface area contributed by atoms with Gasteiger partial charge in [0.15, 0.2) is 0 Å². The third-order valence-corrected chi connectivity index (χ3v) is 3.26. The van der Waals surface area contributed by atoms with Crippen LogP contribution in [-0.4, -0.2) is 23.6 Å². The minimum Gasteiger partial charge on any atom is -0.325 e. The van der Waals surface area contributed by atoms with E-state index in [-0.39, 0.29) is 17.4 Å². The molecule has 1 aromatic heterocycles. The Balaban J connectivity index is 2.04. The Bertz CT molecular complexity index is 475. The van der Waals surface area contributed by atoms with Gasteiger partial charge in [-0.2, -0.15) is 0 Å². The summed E-state index contributed by atoms with van der Waals surface area (Å²) in [4.78, 5) is 23.4. The molecule has 1 aliphatic rings. The zero-order valence-corrected chi connectivity index (χ0v) is 10.6. The molecular weight excluding hydrogens is 230 g/mol. The molecule has 1 unspecified atom stereocenters. The second-order valence-electron chi connectivity index (χ2n) is 4.57. The molecule has 98 valence electrons. The molecule has 1 atom stereocenters. The third kappa shape index (κ3) is 2.98. The number of pyridine rings is 1. The normalized spacial score (nSPS) is 19.5. The average Bonchev–Trinajstić information content (AvgIpc) is 2.42.